The molecular formula is C47H32N2O. The van der Waals surface area contributed by atoms with Gasteiger partial charge in [0.15, 0.2) is 0 Å². The van der Waals surface area contributed by atoms with Crippen molar-refractivity contribution in [3.05, 3.63) is 193 Å². The largest absolute Gasteiger partial charge is 0.456 e. The van der Waals surface area contributed by atoms with Gasteiger partial charge in [0.25, 0.3) is 0 Å². The van der Waals surface area contributed by atoms with Crippen LogP contribution in [0.2, 0.25) is 0 Å². The maximum absolute atomic E-state index is 6.19. The minimum Gasteiger partial charge on any atom is -0.456 e. The summed E-state index contributed by atoms with van der Waals surface area (Å²) in [7, 11) is 0. The first-order valence-corrected chi connectivity index (χ1v) is 17.1. The van der Waals surface area contributed by atoms with Crippen molar-refractivity contribution in [1.29, 1.82) is 0 Å². The summed E-state index contributed by atoms with van der Waals surface area (Å²) >= 11 is 0. The highest BCUT2D eigenvalue weighted by atomic mass is 16.3. The third-order valence-corrected chi connectivity index (χ3v) is 10.0. The van der Waals surface area contributed by atoms with Gasteiger partial charge in [0, 0.05) is 44.6 Å². The Morgan fingerprint density at radius 1 is 0.360 bits per heavy atom. The lowest BCUT2D eigenvalue weighted by Gasteiger charge is -2.28. The van der Waals surface area contributed by atoms with Crippen LogP contribution >= 0.6 is 0 Å². The molecule has 9 aromatic rings. The second-order valence-corrected chi connectivity index (χ2v) is 12.9. The molecule has 0 aliphatic heterocycles. The number of nitrogens with zero attached hydrogens (tertiary/aromatic N) is 2. The zero-order valence-corrected chi connectivity index (χ0v) is 27.3. The molecule has 10 rings (SSSR count). The topological polar surface area (TPSA) is 19.6 Å². The lowest BCUT2D eigenvalue weighted by molar-refractivity contribution is 0.669. The van der Waals surface area contributed by atoms with E-state index >= 15 is 0 Å². The molecule has 0 spiro atoms. The van der Waals surface area contributed by atoms with Crippen molar-refractivity contribution in [1.82, 2.24) is 0 Å². The summed E-state index contributed by atoms with van der Waals surface area (Å²) in [6.07, 6.45) is 0.879. The summed E-state index contributed by atoms with van der Waals surface area (Å²) in [4.78, 5) is 4.75. The molecule has 0 atom stereocenters. The van der Waals surface area contributed by atoms with Crippen molar-refractivity contribution < 1.29 is 4.42 Å². The maximum atomic E-state index is 6.19. The maximum Gasteiger partial charge on any atom is 0.135 e. The van der Waals surface area contributed by atoms with E-state index in [1.54, 1.807) is 0 Å². The van der Waals surface area contributed by atoms with Crippen molar-refractivity contribution in [2.75, 3.05) is 9.80 Å². The van der Waals surface area contributed by atoms with E-state index in [0.29, 0.717) is 0 Å². The van der Waals surface area contributed by atoms with E-state index in [-0.39, 0.29) is 0 Å². The highest BCUT2D eigenvalue weighted by Crippen LogP contribution is 2.49. The zero-order valence-electron chi connectivity index (χ0n) is 27.3. The van der Waals surface area contributed by atoms with Gasteiger partial charge in [0.1, 0.15) is 11.2 Å². The first kappa shape index (κ1) is 28.4. The van der Waals surface area contributed by atoms with Crippen LogP contribution in [0.15, 0.2) is 186 Å². The number of fused-ring (bicyclic) bond motifs is 8. The van der Waals surface area contributed by atoms with Gasteiger partial charge in [-0.15, -0.1) is 0 Å². The SMILES string of the molecule is c1ccc(N(c2ccc3c(c2)Cc2c-3cc(N(c3ccccc3)c3ccccc3)c3ccccc23)c2ccc3oc4ccccc4c3c2)cc1. The van der Waals surface area contributed by atoms with Crippen LogP contribution in [0.5, 0.6) is 0 Å². The zero-order chi connectivity index (χ0) is 33.0. The molecule has 1 aliphatic rings. The summed E-state index contributed by atoms with van der Waals surface area (Å²) in [5.74, 6) is 0. The van der Waals surface area contributed by atoms with Crippen molar-refractivity contribution in [3.8, 4) is 11.1 Å². The molecule has 0 amide bonds. The second kappa shape index (κ2) is 11.5. The summed E-state index contributed by atoms with van der Waals surface area (Å²) < 4.78 is 6.19. The lowest BCUT2D eigenvalue weighted by Crippen LogP contribution is -2.10. The van der Waals surface area contributed by atoms with E-state index in [0.717, 1.165) is 56.8 Å². The average Bonchev–Trinajstić information content (AvgIpc) is 3.74. The summed E-state index contributed by atoms with van der Waals surface area (Å²) in [6, 6.07) is 65.1. The molecule has 236 valence electrons. The van der Waals surface area contributed by atoms with Gasteiger partial charge in [0.2, 0.25) is 0 Å². The summed E-state index contributed by atoms with van der Waals surface area (Å²) in [5, 5.41) is 4.79. The van der Waals surface area contributed by atoms with Crippen LogP contribution in [-0.4, -0.2) is 0 Å². The van der Waals surface area contributed by atoms with Crippen LogP contribution in [0.1, 0.15) is 11.1 Å². The Morgan fingerprint density at radius 2 is 0.900 bits per heavy atom. The third kappa shape index (κ3) is 4.59. The van der Waals surface area contributed by atoms with Gasteiger partial charge in [-0.2, -0.15) is 0 Å². The molecule has 1 heterocycles. The highest BCUT2D eigenvalue weighted by Gasteiger charge is 2.26. The number of hydrogen-bond donors (Lipinski definition) is 0. The molecule has 3 nitrogen and oxygen atoms in total. The minimum absolute atomic E-state index is 0.879. The van der Waals surface area contributed by atoms with Crippen LogP contribution < -0.4 is 9.80 Å². The van der Waals surface area contributed by atoms with Gasteiger partial charge < -0.3 is 14.2 Å². The Labute approximate surface area is 290 Å². The molecule has 0 radical (unpaired) electrons. The van der Waals surface area contributed by atoms with Gasteiger partial charge in [0.05, 0.1) is 5.69 Å². The van der Waals surface area contributed by atoms with Gasteiger partial charge in [-0.25, -0.2) is 0 Å². The van der Waals surface area contributed by atoms with E-state index in [9.17, 15) is 0 Å². The highest BCUT2D eigenvalue weighted by molar-refractivity contribution is 6.08. The smallest absolute Gasteiger partial charge is 0.135 e. The van der Waals surface area contributed by atoms with Crippen molar-refractivity contribution in [2.24, 2.45) is 0 Å². The van der Waals surface area contributed by atoms with Crippen LogP contribution in [0.4, 0.5) is 34.1 Å². The fourth-order valence-electron chi connectivity index (χ4n) is 7.81. The second-order valence-electron chi connectivity index (χ2n) is 12.9. The summed E-state index contributed by atoms with van der Waals surface area (Å²) in [6.45, 7) is 0. The Kier molecular flexibility index (Phi) is 6.56. The molecule has 0 saturated carbocycles. The van der Waals surface area contributed by atoms with E-state index in [2.05, 4.69) is 180 Å². The number of rotatable bonds is 6. The molecule has 0 unspecified atom stereocenters. The summed E-state index contributed by atoms with van der Waals surface area (Å²) in [5.41, 5.74) is 13.9. The monoisotopic (exact) mass is 640 g/mol. The number of para-hydroxylation sites is 4. The predicted molar refractivity (Wildman–Crippen MR) is 209 cm³/mol. The van der Waals surface area contributed by atoms with Crippen LogP contribution in [0.25, 0.3) is 43.8 Å². The van der Waals surface area contributed by atoms with E-state index in [1.165, 1.54) is 38.7 Å². The number of anilines is 6. The third-order valence-electron chi connectivity index (χ3n) is 10.0. The molecule has 1 aromatic heterocycles. The van der Waals surface area contributed by atoms with Crippen LogP contribution in [-0.2, 0) is 6.42 Å². The fraction of sp³-hybridized carbons (Fsp3) is 0.0213. The molecule has 3 heteroatoms. The van der Waals surface area contributed by atoms with Crippen molar-refractivity contribution in [2.45, 2.75) is 6.42 Å². The van der Waals surface area contributed by atoms with E-state index in [4.69, 9.17) is 4.42 Å². The standard InChI is InChI=1S/C47H32N2O/c1-4-14-33(15-5-1)48(37-25-27-47-44(30-37)41-22-12-13-23-46(41)50-47)36-24-26-38-32(28-36)29-42-39-20-10-11-21-40(39)45(31-43(38)42)49(34-16-6-2-7-17-34)35-18-8-3-9-19-35/h1-28,30-31H,29H2. The van der Waals surface area contributed by atoms with E-state index < -0.39 is 0 Å². The van der Waals surface area contributed by atoms with E-state index in [1.807, 2.05) is 12.1 Å². The first-order chi connectivity index (χ1) is 24.8. The predicted octanol–water partition coefficient (Wildman–Crippen LogP) is 13.2. The number of benzene rings is 8. The van der Waals surface area contributed by atoms with Crippen molar-refractivity contribution >= 4 is 66.8 Å². The molecular weight excluding hydrogens is 609 g/mol. The normalized spacial score (nSPS) is 11.9. The van der Waals surface area contributed by atoms with Gasteiger partial charge >= 0.3 is 0 Å². The quantitative estimate of drug-likeness (QED) is 0.180. The molecule has 0 saturated heterocycles. The van der Waals surface area contributed by atoms with Gasteiger partial charge in [-0.3, -0.25) is 0 Å². The number of hydrogen-bond acceptors (Lipinski definition) is 3. The average molecular weight is 641 g/mol. The molecule has 50 heavy (non-hydrogen) atoms. The molecule has 8 aromatic carbocycles. The Hall–Kier alpha value is -6.58. The molecule has 0 bridgehead atoms. The Bertz CT molecular complexity index is 2640. The first-order valence-electron chi connectivity index (χ1n) is 17.1. The molecule has 0 N–H and O–H groups in total. The minimum atomic E-state index is 0.879. The lowest BCUT2D eigenvalue weighted by atomic mass is 9.96. The Morgan fingerprint density at radius 3 is 1.60 bits per heavy atom. The van der Waals surface area contributed by atoms with Crippen LogP contribution in [0.3, 0.4) is 0 Å². The van der Waals surface area contributed by atoms with Crippen molar-refractivity contribution in [3.63, 3.8) is 0 Å². The van der Waals surface area contributed by atoms with Gasteiger partial charge in [-0.05, 0) is 113 Å². The van der Waals surface area contributed by atoms with Gasteiger partial charge in [-0.1, -0.05) is 103 Å². The molecule has 1 aliphatic carbocycles. The molecule has 0 fully saturated rings. The van der Waals surface area contributed by atoms with Crippen LogP contribution in [0, 0.1) is 0 Å². The fourth-order valence-corrected chi connectivity index (χ4v) is 7.81. The Balaban J connectivity index is 1.14. The number of furan rings is 1.